The average molecular weight is 254 g/mol. The van der Waals surface area contributed by atoms with Crippen molar-refractivity contribution in [1.29, 1.82) is 0 Å². The predicted octanol–water partition coefficient (Wildman–Crippen LogP) is 2.63. The molecule has 1 aromatic rings. The van der Waals surface area contributed by atoms with Gasteiger partial charge in [-0.15, -0.1) is 11.8 Å². The maximum absolute atomic E-state index is 13.2. The summed E-state index contributed by atoms with van der Waals surface area (Å²) in [4.78, 5) is 11.9. The third-order valence-electron chi connectivity index (χ3n) is 2.74. The van der Waals surface area contributed by atoms with Crippen molar-refractivity contribution in [3.63, 3.8) is 0 Å². The Balaban J connectivity index is 1.99. The molecule has 5 heteroatoms. The number of benzene rings is 1. The van der Waals surface area contributed by atoms with Gasteiger partial charge < -0.3 is 11.1 Å². The van der Waals surface area contributed by atoms with Crippen LogP contribution in [0.4, 0.5) is 15.8 Å². The van der Waals surface area contributed by atoms with Crippen LogP contribution in [0, 0.1) is 5.82 Å². The van der Waals surface area contributed by atoms with Gasteiger partial charge in [-0.1, -0.05) is 6.42 Å². The standard InChI is InChI=1S/C12H15FN2OS/c13-9-7-8(4-5-10(9)14)15-12(16)11-3-1-2-6-17-11/h4-5,7,11H,1-3,6,14H2,(H,15,16). The first-order valence-corrected chi connectivity index (χ1v) is 6.69. The molecule has 0 radical (unpaired) electrons. The summed E-state index contributed by atoms with van der Waals surface area (Å²) in [7, 11) is 0. The molecule has 1 aliphatic heterocycles. The third kappa shape index (κ3) is 3.12. The minimum absolute atomic E-state index is 0.00985. The summed E-state index contributed by atoms with van der Waals surface area (Å²) in [6, 6.07) is 4.32. The van der Waals surface area contributed by atoms with Crippen LogP contribution in [0.2, 0.25) is 0 Å². The number of rotatable bonds is 2. The zero-order valence-electron chi connectivity index (χ0n) is 9.41. The second-order valence-electron chi connectivity index (χ2n) is 4.08. The Hall–Kier alpha value is -1.23. The highest BCUT2D eigenvalue weighted by atomic mass is 32.2. The van der Waals surface area contributed by atoms with Gasteiger partial charge in [0.1, 0.15) is 5.82 Å². The van der Waals surface area contributed by atoms with E-state index in [4.69, 9.17) is 5.73 Å². The van der Waals surface area contributed by atoms with Crippen molar-refractivity contribution < 1.29 is 9.18 Å². The summed E-state index contributed by atoms with van der Waals surface area (Å²) >= 11 is 1.67. The molecule has 2 rings (SSSR count). The van der Waals surface area contributed by atoms with Crippen LogP contribution in [0.3, 0.4) is 0 Å². The Morgan fingerprint density at radius 1 is 1.47 bits per heavy atom. The normalized spacial score (nSPS) is 19.9. The fraction of sp³-hybridized carbons (Fsp3) is 0.417. The average Bonchev–Trinajstić information content (AvgIpc) is 2.35. The third-order valence-corrected chi connectivity index (χ3v) is 4.12. The number of nitrogens with one attached hydrogen (secondary N) is 1. The lowest BCUT2D eigenvalue weighted by Gasteiger charge is -2.20. The Morgan fingerprint density at radius 3 is 2.94 bits per heavy atom. The van der Waals surface area contributed by atoms with Crippen molar-refractivity contribution in [2.75, 3.05) is 16.8 Å². The molecule has 3 nitrogen and oxygen atoms in total. The first-order chi connectivity index (χ1) is 8.16. The van der Waals surface area contributed by atoms with Crippen LogP contribution in [-0.4, -0.2) is 16.9 Å². The van der Waals surface area contributed by atoms with Crippen LogP contribution in [-0.2, 0) is 4.79 Å². The SMILES string of the molecule is Nc1ccc(NC(=O)C2CCCCS2)cc1F. The van der Waals surface area contributed by atoms with E-state index < -0.39 is 5.82 Å². The first-order valence-electron chi connectivity index (χ1n) is 5.64. The second kappa shape index (κ2) is 5.40. The summed E-state index contributed by atoms with van der Waals surface area (Å²) in [5.74, 6) is 0.478. The van der Waals surface area contributed by atoms with Crippen molar-refractivity contribution in [3.8, 4) is 0 Å². The molecule has 1 fully saturated rings. The van der Waals surface area contributed by atoms with Crippen LogP contribution in [0.15, 0.2) is 18.2 Å². The van der Waals surface area contributed by atoms with Crippen molar-refractivity contribution >= 4 is 29.0 Å². The van der Waals surface area contributed by atoms with E-state index in [1.165, 1.54) is 18.6 Å². The number of hydrogen-bond acceptors (Lipinski definition) is 3. The number of anilines is 2. The summed E-state index contributed by atoms with van der Waals surface area (Å²) in [5.41, 5.74) is 5.93. The Morgan fingerprint density at radius 2 is 2.29 bits per heavy atom. The minimum Gasteiger partial charge on any atom is -0.396 e. The van der Waals surface area contributed by atoms with E-state index in [1.807, 2.05) is 0 Å². The monoisotopic (exact) mass is 254 g/mol. The molecule has 1 atom stereocenters. The molecule has 1 saturated heterocycles. The van der Waals surface area contributed by atoms with Gasteiger partial charge in [-0.25, -0.2) is 4.39 Å². The molecule has 17 heavy (non-hydrogen) atoms. The highest BCUT2D eigenvalue weighted by Crippen LogP contribution is 2.26. The second-order valence-corrected chi connectivity index (χ2v) is 5.39. The summed E-state index contributed by atoms with van der Waals surface area (Å²) in [5, 5.41) is 2.71. The van der Waals surface area contributed by atoms with Gasteiger partial charge in [0.25, 0.3) is 0 Å². The summed E-state index contributed by atoms with van der Waals surface area (Å²) in [6.07, 6.45) is 3.15. The maximum atomic E-state index is 13.2. The fourth-order valence-corrected chi connectivity index (χ4v) is 2.97. The Labute approximate surface area is 104 Å². The number of carbonyl (C=O) groups excluding carboxylic acids is 1. The number of amides is 1. The lowest BCUT2D eigenvalue weighted by molar-refractivity contribution is -0.115. The number of nitrogens with two attached hydrogens (primary N) is 1. The van der Waals surface area contributed by atoms with Crippen molar-refractivity contribution in [3.05, 3.63) is 24.0 Å². The molecule has 0 bridgehead atoms. The number of halogens is 1. The van der Waals surface area contributed by atoms with Gasteiger partial charge >= 0.3 is 0 Å². The molecule has 0 aliphatic carbocycles. The smallest absolute Gasteiger partial charge is 0.237 e. The highest BCUT2D eigenvalue weighted by molar-refractivity contribution is 8.00. The largest absolute Gasteiger partial charge is 0.396 e. The van der Waals surface area contributed by atoms with Crippen LogP contribution in [0.5, 0.6) is 0 Å². The van der Waals surface area contributed by atoms with Gasteiger partial charge in [-0.2, -0.15) is 0 Å². The highest BCUT2D eigenvalue weighted by Gasteiger charge is 2.21. The molecule has 92 valence electrons. The number of thioether (sulfide) groups is 1. The molecular weight excluding hydrogens is 239 g/mol. The predicted molar refractivity (Wildman–Crippen MR) is 69.5 cm³/mol. The van der Waals surface area contributed by atoms with E-state index in [-0.39, 0.29) is 16.8 Å². The lowest BCUT2D eigenvalue weighted by atomic mass is 10.1. The topological polar surface area (TPSA) is 55.1 Å². The number of carbonyl (C=O) groups is 1. The zero-order chi connectivity index (χ0) is 12.3. The number of nitrogen functional groups attached to an aromatic ring is 1. The molecule has 0 spiro atoms. The zero-order valence-corrected chi connectivity index (χ0v) is 10.2. The fourth-order valence-electron chi connectivity index (χ4n) is 1.78. The molecule has 1 aromatic carbocycles. The van der Waals surface area contributed by atoms with E-state index in [0.29, 0.717) is 5.69 Å². The lowest BCUT2D eigenvalue weighted by Crippen LogP contribution is -2.27. The molecule has 1 aliphatic rings. The van der Waals surface area contributed by atoms with Gasteiger partial charge in [0.05, 0.1) is 10.9 Å². The van der Waals surface area contributed by atoms with Crippen LogP contribution < -0.4 is 11.1 Å². The Bertz CT molecular complexity index is 419. The van der Waals surface area contributed by atoms with E-state index in [0.717, 1.165) is 18.6 Å². The summed E-state index contributed by atoms with van der Waals surface area (Å²) < 4.78 is 13.2. The van der Waals surface area contributed by atoms with Crippen LogP contribution >= 0.6 is 11.8 Å². The van der Waals surface area contributed by atoms with E-state index in [1.54, 1.807) is 17.8 Å². The molecule has 0 aromatic heterocycles. The van der Waals surface area contributed by atoms with E-state index in [9.17, 15) is 9.18 Å². The molecular formula is C12H15FN2OS. The van der Waals surface area contributed by atoms with Gasteiger partial charge in [0.2, 0.25) is 5.91 Å². The minimum atomic E-state index is -0.501. The van der Waals surface area contributed by atoms with E-state index in [2.05, 4.69) is 5.32 Å². The molecule has 1 heterocycles. The van der Waals surface area contributed by atoms with Crippen molar-refractivity contribution in [2.45, 2.75) is 24.5 Å². The van der Waals surface area contributed by atoms with Crippen LogP contribution in [0.25, 0.3) is 0 Å². The number of hydrogen-bond donors (Lipinski definition) is 2. The first kappa shape index (κ1) is 12.2. The Kier molecular flexibility index (Phi) is 3.89. The molecule has 1 unspecified atom stereocenters. The van der Waals surface area contributed by atoms with Crippen molar-refractivity contribution in [1.82, 2.24) is 0 Å². The van der Waals surface area contributed by atoms with Gasteiger partial charge in [-0.3, -0.25) is 4.79 Å². The summed E-state index contributed by atoms with van der Waals surface area (Å²) in [6.45, 7) is 0. The van der Waals surface area contributed by atoms with E-state index >= 15 is 0 Å². The van der Waals surface area contributed by atoms with Gasteiger partial charge in [0.15, 0.2) is 0 Å². The maximum Gasteiger partial charge on any atom is 0.237 e. The molecule has 1 amide bonds. The van der Waals surface area contributed by atoms with Gasteiger partial charge in [0, 0.05) is 5.69 Å². The van der Waals surface area contributed by atoms with Gasteiger partial charge in [-0.05, 0) is 36.8 Å². The molecule has 0 saturated carbocycles. The quantitative estimate of drug-likeness (QED) is 0.798. The van der Waals surface area contributed by atoms with Crippen molar-refractivity contribution in [2.24, 2.45) is 0 Å². The molecule has 3 N–H and O–H groups in total. The van der Waals surface area contributed by atoms with Crippen LogP contribution in [0.1, 0.15) is 19.3 Å².